The molecular weight excluding hydrogens is 396 g/mol. The van der Waals surface area contributed by atoms with Crippen LogP contribution in [0.1, 0.15) is 42.6 Å². The van der Waals surface area contributed by atoms with Crippen LogP contribution in [0.25, 0.3) is 0 Å². The lowest BCUT2D eigenvalue weighted by atomic mass is 10.1. The van der Waals surface area contributed by atoms with Crippen molar-refractivity contribution in [1.29, 1.82) is 0 Å². The van der Waals surface area contributed by atoms with Gasteiger partial charge in [0.2, 0.25) is 10.0 Å². The van der Waals surface area contributed by atoms with Gasteiger partial charge in [-0.05, 0) is 56.0 Å². The molecule has 2 aromatic carbocycles. The van der Waals surface area contributed by atoms with Crippen LogP contribution in [-0.2, 0) is 19.6 Å². The van der Waals surface area contributed by atoms with Crippen molar-refractivity contribution in [3.8, 4) is 0 Å². The van der Waals surface area contributed by atoms with Gasteiger partial charge in [-0.15, -0.1) is 0 Å². The lowest BCUT2D eigenvalue weighted by Crippen LogP contribution is -2.25. The summed E-state index contributed by atoms with van der Waals surface area (Å²) in [5, 5.41) is 10.8. The average Bonchev–Trinajstić information content (AvgIpc) is 2.67. The Morgan fingerprint density at radius 1 is 1.17 bits per heavy atom. The Kier molecular flexibility index (Phi) is 7.46. The van der Waals surface area contributed by atoms with Gasteiger partial charge in [-0.25, -0.2) is 13.1 Å². The first-order chi connectivity index (χ1) is 13.6. The van der Waals surface area contributed by atoms with Crippen molar-refractivity contribution in [3.63, 3.8) is 0 Å². The highest BCUT2D eigenvalue weighted by atomic mass is 32.2. The number of benzene rings is 2. The molecule has 156 valence electrons. The number of nitrogens with one attached hydrogen (secondary N) is 1. The second kappa shape index (κ2) is 9.62. The topological polar surface area (TPSA) is 116 Å². The van der Waals surface area contributed by atoms with E-state index in [2.05, 4.69) is 4.72 Å². The van der Waals surface area contributed by atoms with E-state index in [9.17, 15) is 23.3 Å². The molecule has 29 heavy (non-hydrogen) atoms. The first-order valence-corrected chi connectivity index (χ1v) is 10.6. The molecule has 0 saturated heterocycles. The van der Waals surface area contributed by atoms with E-state index in [-0.39, 0.29) is 30.0 Å². The SMILES string of the molecule is Cc1ccc(S(=O)(=O)NCCCC(=O)O[C@H](C)c2cccc([N+](=O)[O-])c2)cc1C. The summed E-state index contributed by atoms with van der Waals surface area (Å²) in [5.74, 6) is -0.505. The average molecular weight is 420 g/mol. The number of carbonyl (C=O) groups is 1. The molecule has 2 aromatic rings. The summed E-state index contributed by atoms with van der Waals surface area (Å²) < 4.78 is 32.4. The molecule has 1 atom stereocenters. The predicted octanol–water partition coefficient (Wildman–Crippen LogP) is 3.57. The van der Waals surface area contributed by atoms with Crippen LogP contribution in [0.4, 0.5) is 5.69 Å². The molecule has 0 aromatic heterocycles. The number of nitro benzene ring substituents is 1. The number of nitro groups is 1. The number of hydrogen-bond acceptors (Lipinski definition) is 6. The van der Waals surface area contributed by atoms with Crippen LogP contribution in [0.2, 0.25) is 0 Å². The molecule has 0 aliphatic carbocycles. The lowest BCUT2D eigenvalue weighted by Gasteiger charge is -2.13. The molecule has 2 rings (SSSR count). The van der Waals surface area contributed by atoms with Gasteiger partial charge < -0.3 is 4.74 Å². The third-order valence-corrected chi connectivity index (χ3v) is 5.96. The molecule has 0 heterocycles. The Morgan fingerprint density at radius 2 is 1.90 bits per heavy atom. The van der Waals surface area contributed by atoms with Crippen molar-refractivity contribution < 1.29 is 22.9 Å². The third kappa shape index (κ3) is 6.37. The molecule has 0 spiro atoms. The number of ether oxygens (including phenoxy) is 1. The molecular formula is C20H24N2O6S. The molecule has 8 nitrogen and oxygen atoms in total. The fourth-order valence-electron chi connectivity index (χ4n) is 2.62. The van der Waals surface area contributed by atoms with Crippen molar-refractivity contribution in [2.75, 3.05) is 6.54 Å². The highest BCUT2D eigenvalue weighted by Gasteiger charge is 2.17. The van der Waals surface area contributed by atoms with Crippen LogP contribution in [0.5, 0.6) is 0 Å². The molecule has 0 unspecified atom stereocenters. The van der Waals surface area contributed by atoms with Gasteiger partial charge in [-0.1, -0.05) is 18.2 Å². The van der Waals surface area contributed by atoms with Crippen LogP contribution in [0.15, 0.2) is 47.4 Å². The van der Waals surface area contributed by atoms with Gasteiger partial charge in [0.05, 0.1) is 9.82 Å². The van der Waals surface area contributed by atoms with Crippen molar-refractivity contribution in [1.82, 2.24) is 4.72 Å². The number of rotatable bonds is 9. The maximum absolute atomic E-state index is 12.3. The summed E-state index contributed by atoms with van der Waals surface area (Å²) in [5.41, 5.74) is 2.32. The number of non-ortho nitro benzene ring substituents is 1. The predicted molar refractivity (Wildman–Crippen MR) is 108 cm³/mol. The van der Waals surface area contributed by atoms with Crippen LogP contribution in [0.3, 0.4) is 0 Å². The number of carbonyl (C=O) groups excluding carboxylic acids is 1. The summed E-state index contributed by atoms with van der Waals surface area (Å²) in [6.45, 7) is 5.46. The molecule has 0 saturated carbocycles. The monoisotopic (exact) mass is 420 g/mol. The van der Waals surface area contributed by atoms with Gasteiger partial charge in [-0.2, -0.15) is 0 Å². The van der Waals surface area contributed by atoms with E-state index >= 15 is 0 Å². The van der Waals surface area contributed by atoms with E-state index in [1.807, 2.05) is 13.8 Å². The Hall–Kier alpha value is -2.78. The minimum absolute atomic E-state index is 0.0225. The van der Waals surface area contributed by atoms with E-state index in [0.29, 0.717) is 5.56 Å². The molecule has 9 heteroatoms. The largest absolute Gasteiger partial charge is 0.458 e. The maximum atomic E-state index is 12.3. The number of esters is 1. The molecule has 0 aliphatic heterocycles. The number of aryl methyl sites for hydroxylation is 2. The van der Waals surface area contributed by atoms with Gasteiger partial charge in [-0.3, -0.25) is 14.9 Å². The molecule has 0 amide bonds. The fraction of sp³-hybridized carbons (Fsp3) is 0.350. The minimum Gasteiger partial charge on any atom is -0.458 e. The second-order valence-electron chi connectivity index (χ2n) is 6.73. The highest BCUT2D eigenvalue weighted by Crippen LogP contribution is 2.22. The van der Waals surface area contributed by atoms with Gasteiger partial charge in [0.15, 0.2) is 0 Å². The third-order valence-electron chi connectivity index (χ3n) is 4.50. The van der Waals surface area contributed by atoms with E-state index in [4.69, 9.17) is 4.74 Å². The van der Waals surface area contributed by atoms with Crippen molar-refractivity contribution >= 4 is 21.7 Å². The highest BCUT2D eigenvalue weighted by molar-refractivity contribution is 7.89. The normalized spacial score (nSPS) is 12.4. The smallest absolute Gasteiger partial charge is 0.306 e. The first-order valence-electron chi connectivity index (χ1n) is 9.11. The van der Waals surface area contributed by atoms with Crippen LogP contribution in [-0.4, -0.2) is 25.9 Å². The minimum atomic E-state index is -3.64. The summed E-state index contributed by atoms with van der Waals surface area (Å²) in [7, 11) is -3.64. The van der Waals surface area contributed by atoms with E-state index in [1.54, 1.807) is 31.2 Å². The molecule has 0 radical (unpaired) electrons. The Morgan fingerprint density at radius 3 is 2.55 bits per heavy atom. The van der Waals surface area contributed by atoms with E-state index in [1.165, 1.54) is 18.2 Å². The zero-order valence-corrected chi connectivity index (χ0v) is 17.4. The number of sulfonamides is 1. The molecule has 1 N–H and O–H groups in total. The second-order valence-corrected chi connectivity index (χ2v) is 8.50. The summed E-state index contributed by atoms with van der Waals surface area (Å²) in [6, 6.07) is 10.8. The Bertz CT molecular complexity index is 1000. The Labute approximate surface area is 170 Å². The maximum Gasteiger partial charge on any atom is 0.306 e. The van der Waals surface area contributed by atoms with Gasteiger partial charge in [0, 0.05) is 25.1 Å². The van der Waals surface area contributed by atoms with Crippen molar-refractivity contribution in [2.45, 2.75) is 44.6 Å². The standard InChI is InChI=1S/C20H24N2O6S/c1-14-9-10-19(12-15(14)2)29(26,27)21-11-5-8-20(23)28-16(3)17-6-4-7-18(13-17)22(24)25/h4,6-7,9-10,12-13,16,21H,5,8,11H2,1-3H3/t16-/m1/s1. The van der Waals surface area contributed by atoms with E-state index in [0.717, 1.165) is 11.1 Å². The first kappa shape index (κ1) is 22.5. The van der Waals surface area contributed by atoms with E-state index < -0.39 is 27.0 Å². The summed E-state index contributed by atoms with van der Waals surface area (Å²) >= 11 is 0. The quantitative estimate of drug-likeness (QED) is 0.287. The van der Waals surface area contributed by atoms with Crippen LogP contribution < -0.4 is 4.72 Å². The zero-order chi connectivity index (χ0) is 21.6. The number of nitrogens with zero attached hydrogens (tertiary/aromatic N) is 1. The molecule has 0 fully saturated rings. The zero-order valence-electron chi connectivity index (χ0n) is 16.5. The van der Waals surface area contributed by atoms with Gasteiger partial charge >= 0.3 is 5.97 Å². The summed E-state index contributed by atoms with van der Waals surface area (Å²) in [4.78, 5) is 22.5. The van der Waals surface area contributed by atoms with Crippen molar-refractivity contribution in [3.05, 3.63) is 69.3 Å². The molecule has 0 aliphatic rings. The van der Waals surface area contributed by atoms with Gasteiger partial charge in [0.25, 0.3) is 5.69 Å². The molecule has 0 bridgehead atoms. The number of hydrogen-bond donors (Lipinski definition) is 1. The lowest BCUT2D eigenvalue weighted by molar-refractivity contribution is -0.385. The summed E-state index contributed by atoms with van der Waals surface area (Å²) in [6.07, 6.45) is -0.353. The van der Waals surface area contributed by atoms with Crippen LogP contribution >= 0.6 is 0 Å². The van der Waals surface area contributed by atoms with Gasteiger partial charge in [0.1, 0.15) is 6.10 Å². The van der Waals surface area contributed by atoms with Crippen molar-refractivity contribution in [2.24, 2.45) is 0 Å². The Balaban J connectivity index is 1.83. The fourth-order valence-corrected chi connectivity index (χ4v) is 3.78. The van der Waals surface area contributed by atoms with Crippen LogP contribution in [0, 0.1) is 24.0 Å².